The quantitative estimate of drug-likeness (QED) is 0.698. The zero-order valence-corrected chi connectivity index (χ0v) is 7.81. The third-order valence-corrected chi connectivity index (χ3v) is 2.66. The highest BCUT2D eigenvalue weighted by Crippen LogP contribution is 2.26. The van der Waals surface area contributed by atoms with Gasteiger partial charge in [0.15, 0.2) is 0 Å². The van der Waals surface area contributed by atoms with E-state index < -0.39 is 0 Å². The Morgan fingerprint density at radius 2 is 2.31 bits per heavy atom. The molecule has 1 aromatic rings. The minimum atomic E-state index is -0.0399. The van der Waals surface area contributed by atoms with Gasteiger partial charge < -0.3 is 5.32 Å². The number of hydrogen-bond donors (Lipinski definition) is 1. The summed E-state index contributed by atoms with van der Waals surface area (Å²) in [7, 11) is 0. The second kappa shape index (κ2) is 3.46. The number of benzene rings is 1. The molecule has 1 aliphatic rings. The second-order valence-electron chi connectivity index (χ2n) is 3.63. The zero-order chi connectivity index (χ0) is 9.26. The van der Waals surface area contributed by atoms with Gasteiger partial charge in [-0.15, -0.1) is 0 Å². The van der Waals surface area contributed by atoms with Crippen molar-refractivity contribution in [1.82, 2.24) is 5.32 Å². The lowest BCUT2D eigenvalue weighted by Gasteiger charge is -2.12. The fraction of sp³-hybridized carbons (Fsp3) is 0.455. The highest BCUT2D eigenvalue weighted by Gasteiger charge is 2.19. The van der Waals surface area contributed by atoms with Gasteiger partial charge >= 0.3 is 0 Å². The number of rotatable bonds is 1. The molecule has 70 valence electrons. The van der Waals surface area contributed by atoms with Gasteiger partial charge in [0.2, 0.25) is 0 Å². The van der Waals surface area contributed by atoms with Crippen LogP contribution in [-0.2, 0) is 0 Å². The first-order valence-electron chi connectivity index (χ1n) is 4.77. The molecule has 1 atom stereocenters. The zero-order valence-electron chi connectivity index (χ0n) is 7.81. The van der Waals surface area contributed by atoms with Gasteiger partial charge in [0.05, 0.1) is 0 Å². The van der Waals surface area contributed by atoms with Crippen molar-refractivity contribution in [1.29, 1.82) is 0 Å². The van der Waals surface area contributed by atoms with Gasteiger partial charge in [0.25, 0.3) is 0 Å². The number of hydrogen-bond acceptors (Lipinski definition) is 1. The van der Waals surface area contributed by atoms with Crippen molar-refractivity contribution in [2.45, 2.75) is 25.8 Å². The van der Waals surface area contributed by atoms with Crippen LogP contribution in [0.4, 0.5) is 4.39 Å². The molecule has 1 fully saturated rings. The topological polar surface area (TPSA) is 12.0 Å². The van der Waals surface area contributed by atoms with Crippen molar-refractivity contribution < 1.29 is 4.39 Å². The summed E-state index contributed by atoms with van der Waals surface area (Å²) in [6.07, 6.45) is 2.21. The third kappa shape index (κ3) is 1.59. The lowest BCUT2D eigenvalue weighted by Crippen LogP contribution is -2.14. The average Bonchev–Trinajstić information content (AvgIpc) is 2.62. The minimum Gasteiger partial charge on any atom is -0.310 e. The van der Waals surface area contributed by atoms with Crippen LogP contribution in [0.2, 0.25) is 0 Å². The Hall–Kier alpha value is -0.890. The van der Waals surface area contributed by atoms with Gasteiger partial charge in [-0.05, 0) is 31.9 Å². The normalized spacial score (nSPS) is 22.2. The molecule has 0 saturated carbocycles. The number of nitrogens with one attached hydrogen (secondary N) is 1. The summed E-state index contributed by atoms with van der Waals surface area (Å²) < 4.78 is 13.6. The van der Waals surface area contributed by atoms with E-state index in [0.29, 0.717) is 0 Å². The molecule has 2 heteroatoms. The Bertz CT molecular complexity index is 303. The third-order valence-electron chi connectivity index (χ3n) is 2.66. The van der Waals surface area contributed by atoms with Gasteiger partial charge in [-0.2, -0.15) is 0 Å². The summed E-state index contributed by atoms with van der Waals surface area (Å²) in [4.78, 5) is 0. The van der Waals surface area contributed by atoms with Crippen molar-refractivity contribution in [2.75, 3.05) is 6.54 Å². The van der Waals surface area contributed by atoms with Gasteiger partial charge in [-0.1, -0.05) is 18.2 Å². The molecule has 1 heterocycles. The Labute approximate surface area is 78.0 Å². The van der Waals surface area contributed by atoms with E-state index in [1.807, 2.05) is 25.1 Å². The molecule has 1 nitrogen and oxygen atoms in total. The molecule has 0 bridgehead atoms. The lowest BCUT2D eigenvalue weighted by molar-refractivity contribution is 0.553. The fourth-order valence-electron chi connectivity index (χ4n) is 1.89. The van der Waals surface area contributed by atoms with E-state index in [1.54, 1.807) is 0 Å². The van der Waals surface area contributed by atoms with Crippen LogP contribution in [0.15, 0.2) is 18.2 Å². The summed E-state index contributed by atoms with van der Waals surface area (Å²) >= 11 is 0. The summed E-state index contributed by atoms with van der Waals surface area (Å²) in [6, 6.07) is 5.85. The standard InChI is InChI=1S/C11H14FN/c1-8-4-2-5-9(11(8)12)10-6-3-7-13-10/h2,4-5,10,13H,3,6-7H2,1H3/t10-/m1/s1. The molecule has 0 aliphatic carbocycles. The van der Waals surface area contributed by atoms with Crippen molar-refractivity contribution >= 4 is 0 Å². The first-order chi connectivity index (χ1) is 6.29. The van der Waals surface area contributed by atoms with E-state index in [0.717, 1.165) is 30.5 Å². The van der Waals surface area contributed by atoms with Gasteiger partial charge in [0.1, 0.15) is 5.82 Å². The predicted octanol–water partition coefficient (Wildman–Crippen LogP) is 2.56. The molecule has 1 aliphatic heterocycles. The van der Waals surface area contributed by atoms with Crippen LogP contribution >= 0.6 is 0 Å². The number of halogens is 1. The van der Waals surface area contributed by atoms with Crippen LogP contribution in [-0.4, -0.2) is 6.54 Å². The molecule has 0 amide bonds. The van der Waals surface area contributed by atoms with E-state index in [4.69, 9.17) is 0 Å². The molecule has 0 unspecified atom stereocenters. The summed E-state index contributed by atoms with van der Waals surface area (Å²) in [5, 5.41) is 3.30. The maximum absolute atomic E-state index is 13.6. The van der Waals surface area contributed by atoms with Gasteiger partial charge in [-0.3, -0.25) is 0 Å². The van der Waals surface area contributed by atoms with Crippen LogP contribution in [0.1, 0.15) is 30.0 Å². The smallest absolute Gasteiger partial charge is 0.130 e. The fourth-order valence-corrected chi connectivity index (χ4v) is 1.89. The first kappa shape index (κ1) is 8.70. The van der Waals surface area contributed by atoms with Crippen molar-refractivity contribution in [3.05, 3.63) is 35.1 Å². The maximum Gasteiger partial charge on any atom is 0.130 e. The Kier molecular flexibility index (Phi) is 2.32. The molecule has 1 aromatic carbocycles. The number of aryl methyl sites for hydroxylation is 1. The SMILES string of the molecule is Cc1cccc([C@H]2CCCN2)c1F. The second-order valence-corrected chi connectivity index (χ2v) is 3.63. The Balaban J connectivity index is 2.33. The lowest BCUT2D eigenvalue weighted by atomic mass is 10.0. The summed E-state index contributed by atoms with van der Waals surface area (Å²) in [5.41, 5.74) is 1.57. The first-order valence-corrected chi connectivity index (χ1v) is 4.77. The van der Waals surface area contributed by atoms with Crippen LogP contribution in [0.3, 0.4) is 0 Å². The van der Waals surface area contributed by atoms with Crippen LogP contribution in [0.25, 0.3) is 0 Å². The summed E-state index contributed by atoms with van der Waals surface area (Å²) in [6.45, 7) is 2.83. The summed E-state index contributed by atoms with van der Waals surface area (Å²) in [5.74, 6) is -0.0399. The van der Waals surface area contributed by atoms with E-state index in [2.05, 4.69) is 5.32 Å². The monoisotopic (exact) mass is 179 g/mol. The highest BCUT2D eigenvalue weighted by molar-refractivity contribution is 5.28. The molecular formula is C11H14FN. The van der Waals surface area contributed by atoms with Gasteiger partial charge in [0, 0.05) is 11.6 Å². The van der Waals surface area contributed by atoms with Crippen LogP contribution in [0, 0.1) is 12.7 Å². The predicted molar refractivity (Wildman–Crippen MR) is 51.1 cm³/mol. The largest absolute Gasteiger partial charge is 0.310 e. The maximum atomic E-state index is 13.6. The molecular weight excluding hydrogens is 165 g/mol. The van der Waals surface area contributed by atoms with E-state index in [1.165, 1.54) is 0 Å². The van der Waals surface area contributed by atoms with Crippen molar-refractivity contribution in [3.63, 3.8) is 0 Å². The molecule has 2 rings (SSSR count). The van der Waals surface area contributed by atoms with Gasteiger partial charge in [-0.25, -0.2) is 4.39 Å². The Morgan fingerprint density at radius 3 is 3.00 bits per heavy atom. The molecule has 0 spiro atoms. The van der Waals surface area contributed by atoms with E-state index in [-0.39, 0.29) is 11.9 Å². The van der Waals surface area contributed by atoms with Crippen molar-refractivity contribution in [2.24, 2.45) is 0 Å². The van der Waals surface area contributed by atoms with Crippen LogP contribution < -0.4 is 5.32 Å². The van der Waals surface area contributed by atoms with E-state index in [9.17, 15) is 4.39 Å². The molecule has 0 radical (unpaired) electrons. The van der Waals surface area contributed by atoms with Crippen LogP contribution in [0.5, 0.6) is 0 Å². The average molecular weight is 179 g/mol. The highest BCUT2D eigenvalue weighted by atomic mass is 19.1. The molecule has 0 aromatic heterocycles. The Morgan fingerprint density at radius 1 is 1.46 bits per heavy atom. The minimum absolute atomic E-state index is 0.0399. The van der Waals surface area contributed by atoms with Crippen molar-refractivity contribution in [3.8, 4) is 0 Å². The van der Waals surface area contributed by atoms with E-state index >= 15 is 0 Å². The molecule has 1 saturated heterocycles. The molecule has 1 N–H and O–H groups in total. The molecule has 13 heavy (non-hydrogen) atoms.